The van der Waals surface area contributed by atoms with Crippen LogP contribution in [0.25, 0.3) is 0 Å². The van der Waals surface area contributed by atoms with Crippen molar-refractivity contribution in [2.24, 2.45) is 11.5 Å². The molecule has 0 aliphatic rings. The molecule has 1 aromatic carbocycles. The van der Waals surface area contributed by atoms with E-state index in [1.807, 2.05) is 6.07 Å². The minimum Gasteiger partial charge on any atom is -0.368 e. The largest absolute Gasteiger partial charge is 0.368 e. The lowest BCUT2D eigenvalue weighted by atomic mass is 10.1. The molecule has 1 aromatic rings. The summed E-state index contributed by atoms with van der Waals surface area (Å²) in [6.07, 6.45) is 0. The summed E-state index contributed by atoms with van der Waals surface area (Å²) >= 11 is 0. The predicted molar refractivity (Wildman–Crippen MR) is 55.6 cm³/mol. The molecular formula is C10H13N3O2. The minimum absolute atomic E-state index is 0.170. The fourth-order valence-corrected chi connectivity index (χ4v) is 1.18. The Kier molecular flexibility index (Phi) is 3.82. The van der Waals surface area contributed by atoms with E-state index in [9.17, 15) is 9.59 Å². The van der Waals surface area contributed by atoms with Crippen LogP contribution in [0.2, 0.25) is 0 Å². The molecule has 0 heterocycles. The molecule has 0 bridgehead atoms. The van der Waals surface area contributed by atoms with Gasteiger partial charge in [0.15, 0.2) is 0 Å². The summed E-state index contributed by atoms with van der Waals surface area (Å²) < 4.78 is 0. The second-order valence-corrected chi connectivity index (χ2v) is 3.02. The van der Waals surface area contributed by atoms with E-state index in [4.69, 9.17) is 11.5 Å². The Morgan fingerprint density at radius 3 is 2.33 bits per heavy atom. The number of carbonyl (C=O) groups is 2. The van der Waals surface area contributed by atoms with E-state index in [0.717, 1.165) is 0 Å². The Hall–Kier alpha value is -1.88. The Bertz CT molecular complexity index is 351. The molecule has 5 N–H and O–H groups in total. The van der Waals surface area contributed by atoms with Crippen molar-refractivity contribution in [2.45, 2.75) is 6.04 Å². The van der Waals surface area contributed by atoms with Crippen molar-refractivity contribution < 1.29 is 9.59 Å². The highest BCUT2D eigenvalue weighted by Crippen LogP contribution is 2.11. The molecule has 80 valence electrons. The first-order valence-electron chi connectivity index (χ1n) is 4.49. The van der Waals surface area contributed by atoms with E-state index >= 15 is 0 Å². The molecule has 0 saturated carbocycles. The fraction of sp³-hybridized carbons (Fsp3) is 0.200. The van der Waals surface area contributed by atoms with Gasteiger partial charge >= 0.3 is 0 Å². The van der Waals surface area contributed by atoms with Crippen molar-refractivity contribution in [1.29, 1.82) is 0 Å². The Balaban J connectivity index is 2.84. The number of benzene rings is 1. The third kappa shape index (κ3) is 3.07. The standard InChI is InChI=1S/C10H13N3O2/c11-6-8(14)13-9(10(12)15)7-4-2-1-3-5-7/h1-5,9H,6,11H2,(H2,12,15)(H,13,14). The summed E-state index contributed by atoms with van der Waals surface area (Å²) in [6.45, 7) is -0.170. The molecule has 0 spiro atoms. The van der Waals surface area contributed by atoms with Gasteiger partial charge in [0.2, 0.25) is 11.8 Å². The van der Waals surface area contributed by atoms with Crippen LogP contribution in [0.5, 0.6) is 0 Å². The minimum atomic E-state index is -0.817. The van der Waals surface area contributed by atoms with Gasteiger partial charge in [0.1, 0.15) is 6.04 Å². The zero-order valence-electron chi connectivity index (χ0n) is 8.14. The summed E-state index contributed by atoms with van der Waals surface area (Å²) in [7, 11) is 0. The van der Waals surface area contributed by atoms with Gasteiger partial charge in [0, 0.05) is 0 Å². The van der Waals surface area contributed by atoms with Crippen molar-refractivity contribution in [3.8, 4) is 0 Å². The average molecular weight is 207 g/mol. The Morgan fingerprint density at radius 1 is 1.27 bits per heavy atom. The molecule has 2 amide bonds. The van der Waals surface area contributed by atoms with Crippen LogP contribution in [0.15, 0.2) is 30.3 Å². The maximum atomic E-state index is 11.1. The molecule has 1 rings (SSSR count). The highest BCUT2D eigenvalue weighted by Gasteiger charge is 2.18. The number of amides is 2. The van der Waals surface area contributed by atoms with Crippen molar-refractivity contribution in [1.82, 2.24) is 5.32 Å². The monoisotopic (exact) mass is 207 g/mol. The first kappa shape index (κ1) is 11.2. The molecule has 5 nitrogen and oxygen atoms in total. The van der Waals surface area contributed by atoms with Crippen LogP contribution in [-0.2, 0) is 9.59 Å². The molecule has 1 atom stereocenters. The number of primary amides is 1. The summed E-state index contributed by atoms with van der Waals surface area (Å²) in [5.41, 5.74) is 11.0. The van der Waals surface area contributed by atoms with Gasteiger partial charge in [-0.15, -0.1) is 0 Å². The van der Waals surface area contributed by atoms with Crippen LogP contribution in [-0.4, -0.2) is 18.4 Å². The molecule has 1 unspecified atom stereocenters. The Morgan fingerprint density at radius 2 is 1.87 bits per heavy atom. The van der Waals surface area contributed by atoms with E-state index in [1.54, 1.807) is 24.3 Å². The van der Waals surface area contributed by atoms with Gasteiger partial charge in [-0.2, -0.15) is 0 Å². The molecule has 0 saturated heterocycles. The SMILES string of the molecule is NCC(=O)NC(C(N)=O)c1ccccc1. The number of nitrogens with one attached hydrogen (secondary N) is 1. The van der Waals surface area contributed by atoms with Crippen molar-refractivity contribution in [3.05, 3.63) is 35.9 Å². The van der Waals surface area contributed by atoms with Gasteiger partial charge < -0.3 is 16.8 Å². The van der Waals surface area contributed by atoms with Crippen molar-refractivity contribution >= 4 is 11.8 Å². The van der Waals surface area contributed by atoms with Crippen LogP contribution in [0.1, 0.15) is 11.6 Å². The van der Waals surface area contributed by atoms with Gasteiger partial charge in [0.05, 0.1) is 6.54 Å². The van der Waals surface area contributed by atoms with E-state index < -0.39 is 17.9 Å². The first-order chi connectivity index (χ1) is 7.15. The maximum absolute atomic E-state index is 11.1. The van der Waals surface area contributed by atoms with Gasteiger partial charge in [-0.3, -0.25) is 9.59 Å². The summed E-state index contributed by atoms with van der Waals surface area (Å²) in [4.78, 5) is 22.2. The van der Waals surface area contributed by atoms with Gasteiger partial charge in [-0.1, -0.05) is 30.3 Å². The molecule has 15 heavy (non-hydrogen) atoms. The third-order valence-corrected chi connectivity index (χ3v) is 1.91. The lowest BCUT2D eigenvalue weighted by Gasteiger charge is -2.14. The molecule has 0 fully saturated rings. The highest BCUT2D eigenvalue weighted by molar-refractivity contribution is 5.88. The zero-order valence-corrected chi connectivity index (χ0v) is 8.14. The summed E-state index contributed by atoms with van der Waals surface area (Å²) in [6, 6.07) is 7.95. The molecule has 0 radical (unpaired) electrons. The number of nitrogens with two attached hydrogens (primary N) is 2. The van der Waals surface area contributed by atoms with E-state index in [0.29, 0.717) is 5.56 Å². The maximum Gasteiger partial charge on any atom is 0.244 e. The first-order valence-corrected chi connectivity index (χ1v) is 4.49. The molecule has 0 aromatic heterocycles. The molecule has 0 aliphatic carbocycles. The van der Waals surface area contributed by atoms with E-state index in [2.05, 4.69) is 5.32 Å². The summed E-state index contributed by atoms with van der Waals surface area (Å²) in [5.74, 6) is -1.02. The van der Waals surface area contributed by atoms with Gasteiger partial charge in [-0.25, -0.2) is 0 Å². The molecule has 5 heteroatoms. The number of carbonyl (C=O) groups excluding carboxylic acids is 2. The lowest BCUT2D eigenvalue weighted by molar-refractivity contribution is -0.126. The summed E-state index contributed by atoms with van der Waals surface area (Å²) in [5, 5.41) is 2.44. The smallest absolute Gasteiger partial charge is 0.244 e. The van der Waals surface area contributed by atoms with Gasteiger partial charge in [-0.05, 0) is 5.56 Å². The van der Waals surface area contributed by atoms with E-state index in [-0.39, 0.29) is 6.54 Å². The van der Waals surface area contributed by atoms with Gasteiger partial charge in [0.25, 0.3) is 0 Å². The van der Waals surface area contributed by atoms with Crippen LogP contribution in [0, 0.1) is 0 Å². The second-order valence-electron chi connectivity index (χ2n) is 3.02. The second kappa shape index (κ2) is 5.11. The van der Waals surface area contributed by atoms with Crippen LogP contribution >= 0.6 is 0 Å². The van der Waals surface area contributed by atoms with Crippen LogP contribution < -0.4 is 16.8 Å². The molecular weight excluding hydrogens is 194 g/mol. The molecule has 0 aliphatic heterocycles. The lowest BCUT2D eigenvalue weighted by Crippen LogP contribution is -2.40. The number of rotatable bonds is 4. The van der Waals surface area contributed by atoms with E-state index in [1.165, 1.54) is 0 Å². The number of hydrogen-bond acceptors (Lipinski definition) is 3. The topological polar surface area (TPSA) is 98.2 Å². The Labute approximate surface area is 87.4 Å². The normalized spacial score (nSPS) is 11.8. The van der Waals surface area contributed by atoms with Crippen LogP contribution in [0.4, 0.5) is 0 Å². The predicted octanol–water partition coefficient (Wildman–Crippen LogP) is -0.712. The fourth-order valence-electron chi connectivity index (χ4n) is 1.18. The quantitative estimate of drug-likeness (QED) is 0.608. The van der Waals surface area contributed by atoms with Crippen LogP contribution in [0.3, 0.4) is 0 Å². The average Bonchev–Trinajstić information content (AvgIpc) is 2.26. The zero-order chi connectivity index (χ0) is 11.3. The van der Waals surface area contributed by atoms with Crippen molar-refractivity contribution in [2.75, 3.05) is 6.54 Å². The highest BCUT2D eigenvalue weighted by atomic mass is 16.2. The third-order valence-electron chi connectivity index (χ3n) is 1.91. The van der Waals surface area contributed by atoms with Crippen molar-refractivity contribution in [3.63, 3.8) is 0 Å². The number of hydrogen-bond donors (Lipinski definition) is 3.